The van der Waals surface area contributed by atoms with E-state index in [0.717, 1.165) is 0 Å². The van der Waals surface area contributed by atoms with Gasteiger partial charge in [-0.1, -0.05) is 0 Å². The number of aliphatic hydroxyl groups is 3. The lowest BCUT2D eigenvalue weighted by Gasteiger charge is -2.38. The molecule has 6 unspecified atom stereocenters. The molecule has 0 aromatic carbocycles. The molecule has 0 radical (unpaired) electrons. The monoisotopic (exact) mass is 257 g/mol. The summed E-state index contributed by atoms with van der Waals surface area (Å²) in [6, 6.07) is 0. The predicted octanol–water partition coefficient (Wildman–Crippen LogP) is -1.89. The summed E-state index contributed by atoms with van der Waals surface area (Å²) in [5.41, 5.74) is 0. The quantitative estimate of drug-likeness (QED) is 0.430. The van der Waals surface area contributed by atoms with Crippen LogP contribution < -0.4 is 0 Å². The second kappa shape index (κ2) is 5.95. The van der Waals surface area contributed by atoms with E-state index in [1.54, 1.807) is 0 Å². The molecular formula is C7H14O8P+. The van der Waals surface area contributed by atoms with Crippen molar-refractivity contribution in [3.63, 3.8) is 0 Å². The Balaban J connectivity index is 2.60. The summed E-state index contributed by atoms with van der Waals surface area (Å²) in [6.45, 7) is -0.392. The molecule has 0 aromatic rings. The molecule has 1 saturated heterocycles. The summed E-state index contributed by atoms with van der Waals surface area (Å²) in [4.78, 5) is 8.42. The summed E-state index contributed by atoms with van der Waals surface area (Å²) >= 11 is 0. The van der Waals surface area contributed by atoms with Gasteiger partial charge in [-0.2, -0.15) is 0 Å². The molecule has 94 valence electrons. The van der Waals surface area contributed by atoms with Crippen LogP contribution in [0, 0.1) is 0 Å². The minimum absolute atomic E-state index is 0.392. The van der Waals surface area contributed by atoms with Crippen LogP contribution in [0.25, 0.3) is 0 Å². The SMILES string of the molecule is COC1OC(CO[P+](=O)O)C(O)C(O)C1O. The molecule has 0 bridgehead atoms. The van der Waals surface area contributed by atoms with Crippen LogP contribution >= 0.6 is 8.25 Å². The number of aliphatic hydroxyl groups excluding tert-OH is 3. The van der Waals surface area contributed by atoms with Crippen LogP contribution in [0.1, 0.15) is 0 Å². The molecule has 6 atom stereocenters. The van der Waals surface area contributed by atoms with Crippen LogP contribution in [-0.2, 0) is 18.6 Å². The largest absolute Gasteiger partial charge is 0.694 e. The van der Waals surface area contributed by atoms with Crippen molar-refractivity contribution in [2.24, 2.45) is 0 Å². The van der Waals surface area contributed by atoms with Crippen molar-refractivity contribution in [2.45, 2.75) is 30.7 Å². The molecule has 0 aromatic heterocycles. The summed E-state index contributed by atoms with van der Waals surface area (Å²) in [7, 11) is -1.56. The molecule has 1 rings (SSSR count). The molecule has 0 aliphatic carbocycles. The molecule has 8 nitrogen and oxygen atoms in total. The van der Waals surface area contributed by atoms with Crippen molar-refractivity contribution in [3.05, 3.63) is 0 Å². The summed E-state index contributed by atoms with van der Waals surface area (Å²) in [5.74, 6) is 0. The van der Waals surface area contributed by atoms with Crippen LogP contribution in [-0.4, -0.2) is 64.6 Å². The molecule has 16 heavy (non-hydrogen) atoms. The smallest absolute Gasteiger partial charge is 0.387 e. The molecule has 1 fully saturated rings. The van der Waals surface area contributed by atoms with Gasteiger partial charge >= 0.3 is 8.25 Å². The van der Waals surface area contributed by atoms with E-state index in [1.165, 1.54) is 7.11 Å². The van der Waals surface area contributed by atoms with Crippen molar-refractivity contribution < 1.29 is 38.8 Å². The number of ether oxygens (including phenoxy) is 2. The first-order valence-corrected chi connectivity index (χ1v) is 5.62. The highest BCUT2D eigenvalue weighted by atomic mass is 31.1. The van der Waals surface area contributed by atoms with Gasteiger partial charge in [0.05, 0.1) is 0 Å². The number of hydrogen-bond donors (Lipinski definition) is 4. The van der Waals surface area contributed by atoms with Crippen LogP contribution in [0.5, 0.6) is 0 Å². The first-order valence-electron chi connectivity index (χ1n) is 4.49. The highest BCUT2D eigenvalue weighted by molar-refractivity contribution is 7.32. The fourth-order valence-electron chi connectivity index (χ4n) is 1.39. The van der Waals surface area contributed by atoms with Crippen molar-refractivity contribution in [1.82, 2.24) is 0 Å². The van der Waals surface area contributed by atoms with Gasteiger partial charge in [0.15, 0.2) is 6.29 Å². The van der Waals surface area contributed by atoms with E-state index in [-0.39, 0.29) is 0 Å². The Hall–Kier alpha value is -0.180. The van der Waals surface area contributed by atoms with E-state index in [1.807, 2.05) is 0 Å². The van der Waals surface area contributed by atoms with Gasteiger partial charge in [-0.15, -0.1) is 9.42 Å². The van der Waals surface area contributed by atoms with Crippen LogP contribution in [0.3, 0.4) is 0 Å². The van der Waals surface area contributed by atoms with Crippen LogP contribution in [0.2, 0.25) is 0 Å². The Labute approximate surface area is 92.3 Å². The molecule has 1 aliphatic rings. The van der Waals surface area contributed by atoms with Gasteiger partial charge in [-0.25, -0.2) is 0 Å². The Morgan fingerprint density at radius 2 is 1.88 bits per heavy atom. The van der Waals surface area contributed by atoms with Gasteiger partial charge in [0, 0.05) is 11.7 Å². The molecule has 1 heterocycles. The molecule has 0 amide bonds. The van der Waals surface area contributed by atoms with Gasteiger partial charge in [-0.3, -0.25) is 0 Å². The fourth-order valence-corrected chi connectivity index (χ4v) is 1.66. The molecule has 4 N–H and O–H groups in total. The maximum absolute atomic E-state index is 10.3. The topological polar surface area (TPSA) is 126 Å². The number of hydrogen-bond acceptors (Lipinski definition) is 7. The first-order chi connectivity index (χ1) is 7.47. The summed E-state index contributed by atoms with van der Waals surface area (Å²) in [5, 5.41) is 28.3. The Morgan fingerprint density at radius 1 is 1.25 bits per heavy atom. The molecule has 0 spiro atoms. The predicted molar refractivity (Wildman–Crippen MR) is 49.5 cm³/mol. The normalized spacial score (nSPS) is 40.8. The lowest BCUT2D eigenvalue weighted by atomic mass is 9.99. The fraction of sp³-hybridized carbons (Fsp3) is 1.00. The lowest BCUT2D eigenvalue weighted by Crippen LogP contribution is -2.59. The van der Waals surface area contributed by atoms with Gasteiger partial charge < -0.3 is 24.8 Å². The maximum Gasteiger partial charge on any atom is 0.694 e. The third kappa shape index (κ3) is 3.16. The maximum atomic E-state index is 10.3. The van der Waals surface area contributed by atoms with Gasteiger partial charge in [0.1, 0.15) is 31.0 Å². The number of methoxy groups -OCH3 is 1. The van der Waals surface area contributed by atoms with E-state index < -0.39 is 45.6 Å². The first kappa shape index (κ1) is 13.9. The van der Waals surface area contributed by atoms with Crippen molar-refractivity contribution >= 4 is 8.25 Å². The second-order valence-electron chi connectivity index (χ2n) is 3.28. The average Bonchev–Trinajstić information content (AvgIpc) is 2.25. The van der Waals surface area contributed by atoms with Gasteiger partial charge in [-0.05, 0) is 0 Å². The standard InChI is InChI=1S/C7H13O8P/c1-13-7-6(10)5(9)4(8)3(15-7)2-14-16(11)12/h3-10H,2H2,1H3/p+1. The molecule has 9 heteroatoms. The minimum atomic E-state index is -2.81. The van der Waals surface area contributed by atoms with Crippen LogP contribution in [0.15, 0.2) is 0 Å². The van der Waals surface area contributed by atoms with Gasteiger partial charge in [0.2, 0.25) is 0 Å². The second-order valence-corrected chi connectivity index (χ2v) is 4.02. The highest BCUT2D eigenvalue weighted by Crippen LogP contribution is 2.24. The molecule has 1 aliphatic heterocycles. The Morgan fingerprint density at radius 3 is 2.38 bits per heavy atom. The zero-order chi connectivity index (χ0) is 12.3. The van der Waals surface area contributed by atoms with E-state index in [2.05, 4.69) is 4.52 Å². The lowest BCUT2D eigenvalue weighted by molar-refractivity contribution is -0.293. The van der Waals surface area contributed by atoms with E-state index in [4.69, 9.17) is 14.4 Å². The summed E-state index contributed by atoms with van der Waals surface area (Å²) in [6.07, 6.45) is -6.45. The van der Waals surface area contributed by atoms with Crippen molar-refractivity contribution in [3.8, 4) is 0 Å². The Kier molecular flexibility index (Phi) is 5.16. The van der Waals surface area contributed by atoms with Crippen LogP contribution in [0.4, 0.5) is 0 Å². The van der Waals surface area contributed by atoms with Gasteiger partial charge in [0.25, 0.3) is 0 Å². The zero-order valence-corrected chi connectivity index (χ0v) is 9.36. The van der Waals surface area contributed by atoms with Crippen molar-refractivity contribution in [1.29, 1.82) is 0 Å². The van der Waals surface area contributed by atoms with Crippen molar-refractivity contribution in [2.75, 3.05) is 13.7 Å². The summed E-state index contributed by atoms with van der Waals surface area (Å²) < 4.78 is 24.4. The Bertz CT molecular complexity index is 247. The molecule has 0 saturated carbocycles. The molecular weight excluding hydrogens is 243 g/mol. The van der Waals surface area contributed by atoms with E-state index >= 15 is 0 Å². The average molecular weight is 257 g/mol. The zero-order valence-electron chi connectivity index (χ0n) is 8.46. The van der Waals surface area contributed by atoms with E-state index in [0.29, 0.717) is 0 Å². The highest BCUT2D eigenvalue weighted by Gasteiger charge is 2.44. The van der Waals surface area contributed by atoms with E-state index in [9.17, 15) is 19.9 Å². The number of rotatable bonds is 4. The third-order valence-corrected chi connectivity index (χ3v) is 2.62. The minimum Gasteiger partial charge on any atom is -0.387 e. The third-order valence-electron chi connectivity index (χ3n) is 2.25.